The van der Waals surface area contributed by atoms with Gasteiger partial charge >= 0.3 is 5.97 Å². The van der Waals surface area contributed by atoms with E-state index < -0.39 is 11.8 Å². The van der Waals surface area contributed by atoms with Crippen LogP contribution in [0.25, 0.3) is 11.1 Å². The molecule has 0 amide bonds. The van der Waals surface area contributed by atoms with E-state index in [2.05, 4.69) is 49.7 Å². The number of fused-ring (bicyclic) bond motifs is 1. The minimum atomic E-state index is -1.56. The summed E-state index contributed by atoms with van der Waals surface area (Å²) in [7, 11) is 0. The summed E-state index contributed by atoms with van der Waals surface area (Å²) in [5.74, 6) is -2.20. The van der Waals surface area contributed by atoms with Crippen LogP contribution in [0.4, 0.5) is 4.39 Å². The fraction of sp³-hybridized carbons (Fsp3) is 0.522. The smallest absolute Gasteiger partial charge is 0.365 e. The number of hydrogen-bond acceptors (Lipinski definition) is 2. The van der Waals surface area contributed by atoms with E-state index in [9.17, 15) is 14.3 Å². The van der Waals surface area contributed by atoms with Gasteiger partial charge in [0.15, 0.2) is 0 Å². The van der Waals surface area contributed by atoms with E-state index in [0.717, 1.165) is 22.0 Å². The zero-order valence-electron chi connectivity index (χ0n) is 17.7. The molecule has 3 nitrogen and oxygen atoms in total. The largest absolute Gasteiger partial charge is 0.492 e. The molecule has 5 heteroatoms. The highest BCUT2D eigenvalue weighted by atomic mass is 79.9. The second-order valence-electron chi connectivity index (χ2n) is 8.51. The van der Waals surface area contributed by atoms with E-state index in [1.54, 1.807) is 13.8 Å². The molecule has 28 heavy (non-hydrogen) atoms. The molecule has 0 aliphatic heterocycles. The van der Waals surface area contributed by atoms with Gasteiger partial charge in [0, 0.05) is 11.1 Å². The molecule has 0 aromatic heterocycles. The molecule has 0 bridgehead atoms. The summed E-state index contributed by atoms with van der Waals surface area (Å²) in [5.41, 5.74) is 3.90. The van der Waals surface area contributed by atoms with E-state index in [1.165, 1.54) is 5.57 Å². The van der Waals surface area contributed by atoms with Crippen LogP contribution in [0.5, 0.6) is 5.75 Å². The summed E-state index contributed by atoms with van der Waals surface area (Å²) >= 11 is 3.73. The monoisotopic (exact) mass is 452 g/mol. The first-order valence-corrected chi connectivity index (χ1v) is 10.6. The molecule has 0 spiro atoms. The highest BCUT2D eigenvalue weighted by Gasteiger charge is 2.35. The van der Waals surface area contributed by atoms with Crippen molar-refractivity contribution in [3.8, 4) is 5.75 Å². The normalized spacial score (nSPS) is 16.6. The summed E-state index contributed by atoms with van der Waals surface area (Å²) in [5, 5.41) is 9.32. The summed E-state index contributed by atoms with van der Waals surface area (Å²) in [4.78, 5) is 11.4. The predicted octanol–water partition coefficient (Wildman–Crippen LogP) is 6.99. The first-order valence-electron chi connectivity index (χ1n) is 9.77. The lowest BCUT2D eigenvalue weighted by Gasteiger charge is -2.36. The van der Waals surface area contributed by atoms with Crippen molar-refractivity contribution in [2.24, 2.45) is 11.8 Å². The number of carboxylic acids is 1. The zero-order chi connectivity index (χ0) is 21.4. The van der Waals surface area contributed by atoms with Gasteiger partial charge in [0.25, 0.3) is 0 Å². The average molecular weight is 453 g/mol. The molecule has 0 heterocycles. The lowest BCUT2D eigenvalue weighted by Crippen LogP contribution is -2.24. The van der Waals surface area contributed by atoms with Gasteiger partial charge in [0.2, 0.25) is 5.83 Å². The highest BCUT2D eigenvalue weighted by Crippen LogP contribution is 2.51. The standard InChI is InChI=1S/C23H30BrFO3/c1-8-28-21-16(17(13(4)5)20(25)22(26)27)11-15-14(12(2)3)9-10-23(6,7)18(15)19(21)24/h9,11-13H,8,10H2,1-7H3,(H,26,27)/b20-17+. The summed E-state index contributed by atoms with van der Waals surface area (Å²) < 4.78 is 21.4. The molecule has 1 N–H and O–H groups in total. The second-order valence-corrected chi connectivity index (χ2v) is 9.31. The lowest BCUT2D eigenvalue weighted by atomic mass is 9.70. The van der Waals surface area contributed by atoms with Crippen molar-refractivity contribution in [2.45, 2.75) is 60.3 Å². The third-order valence-corrected chi connectivity index (χ3v) is 6.00. The number of halogens is 2. The van der Waals surface area contributed by atoms with E-state index in [-0.39, 0.29) is 16.9 Å². The number of allylic oxidation sites excluding steroid dienone is 3. The van der Waals surface area contributed by atoms with Crippen LogP contribution in [0.15, 0.2) is 22.4 Å². The molecule has 0 unspecified atom stereocenters. The number of benzene rings is 1. The molecular weight excluding hydrogens is 423 g/mol. The second kappa shape index (κ2) is 8.40. The zero-order valence-corrected chi connectivity index (χ0v) is 19.3. The van der Waals surface area contributed by atoms with Crippen LogP contribution < -0.4 is 4.74 Å². The maximum absolute atomic E-state index is 14.7. The number of ether oxygens (including phenoxy) is 1. The first-order chi connectivity index (χ1) is 12.9. The van der Waals surface area contributed by atoms with Gasteiger partial charge in [0.05, 0.1) is 11.1 Å². The Morgan fingerprint density at radius 2 is 1.93 bits per heavy atom. The first kappa shape index (κ1) is 22.7. The van der Waals surface area contributed by atoms with Crippen molar-refractivity contribution in [1.29, 1.82) is 0 Å². The van der Waals surface area contributed by atoms with Crippen LogP contribution in [0.2, 0.25) is 0 Å². The van der Waals surface area contributed by atoms with Crippen molar-refractivity contribution in [3.63, 3.8) is 0 Å². The van der Waals surface area contributed by atoms with Crippen LogP contribution in [0, 0.1) is 11.8 Å². The van der Waals surface area contributed by atoms with Crippen molar-refractivity contribution in [2.75, 3.05) is 6.61 Å². The molecule has 0 saturated carbocycles. The topological polar surface area (TPSA) is 46.5 Å². The minimum absolute atomic E-state index is 0.121. The molecule has 1 aliphatic carbocycles. The van der Waals surface area contributed by atoms with Gasteiger partial charge in [0.1, 0.15) is 5.75 Å². The number of carboxylic acid groups (broad SMARTS) is 1. The summed E-state index contributed by atoms with van der Waals surface area (Å²) in [6.45, 7) is 14.5. The Hall–Kier alpha value is -1.62. The van der Waals surface area contributed by atoms with Crippen molar-refractivity contribution >= 4 is 33.0 Å². The average Bonchev–Trinajstić information content (AvgIpc) is 2.56. The molecule has 1 aliphatic rings. The molecule has 154 valence electrons. The van der Waals surface area contributed by atoms with Gasteiger partial charge in [-0.3, -0.25) is 0 Å². The fourth-order valence-electron chi connectivity index (χ4n) is 3.93. The SMILES string of the molecule is CCOc1c(/C(=C(/F)C(=O)O)C(C)C)cc2c(c1Br)C(C)(C)CC=C2C(C)C. The molecule has 0 radical (unpaired) electrons. The van der Waals surface area contributed by atoms with Crippen LogP contribution in [0.3, 0.4) is 0 Å². The molecule has 1 aromatic rings. The molecule has 2 rings (SSSR count). The summed E-state index contributed by atoms with van der Waals surface area (Å²) in [6, 6.07) is 1.93. The van der Waals surface area contributed by atoms with Gasteiger partial charge < -0.3 is 9.84 Å². The van der Waals surface area contributed by atoms with E-state index >= 15 is 0 Å². The number of aliphatic carboxylic acids is 1. The Morgan fingerprint density at radius 3 is 2.39 bits per heavy atom. The van der Waals surface area contributed by atoms with Gasteiger partial charge in [-0.2, -0.15) is 4.39 Å². The third-order valence-electron chi connectivity index (χ3n) is 5.24. The van der Waals surface area contributed by atoms with Gasteiger partial charge in [-0.15, -0.1) is 0 Å². The Labute approximate surface area is 175 Å². The highest BCUT2D eigenvalue weighted by molar-refractivity contribution is 9.10. The fourth-order valence-corrected chi connectivity index (χ4v) is 5.01. The van der Waals surface area contributed by atoms with Crippen LogP contribution in [-0.2, 0) is 10.2 Å². The van der Waals surface area contributed by atoms with E-state index in [0.29, 0.717) is 23.8 Å². The number of carbonyl (C=O) groups is 1. The van der Waals surface area contributed by atoms with Crippen LogP contribution in [-0.4, -0.2) is 17.7 Å². The quantitative estimate of drug-likeness (QED) is 0.472. The van der Waals surface area contributed by atoms with Crippen LogP contribution in [0.1, 0.15) is 71.6 Å². The Balaban J connectivity index is 2.98. The van der Waals surface area contributed by atoms with Gasteiger partial charge in [-0.25, -0.2) is 4.79 Å². The third kappa shape index (κ3) is 4.05. The maximum Gasteiger partial charge on any atom is 0.365 e. The predicted molar refractivity (Wildman–Crippen MR) is 116 cm³/mol. The Morgan fingerprint density at radius 1 is 1.32 bits per heavy atom. The summed E-state index contributed by atoms with van der Waals surface area (Å²) in [6.07, 6.45) is 3.14. The van der Waals surface area contributed by atoms with E-state index in [1.807, 2.05) is 13.0 Å². The molecular formula is C23H30BrFO3. The van der Waals surface area contributed by atoms with Crippen LogP contribution >= 0.6 is 15.9 Å². The Kier molecular flexibility index (Phi) is 6.80. The van der Waals surface area contributed by atoms with Gasteiger partial charge in [-0.1, -0.05) is 47.6 Å². The molecule has 1 aromatic carbocycles. The van der Waals surface area contributed by atoms with Crippen molar-refractivity contribution in [3.05, 3.63) is 39.1 Å². The number of hydrogen-bond donors (Lipinski definition) is 1. The molecule has 0 fully saturated rings. The lowest BCUT2D eigenvalue weighted by molar-refractivity contribution is -0.134. The maximum atomic E-state index is 14.7. The Bertz CT molecular complexity index is 848. The van der Waals surface area contributed by atoms with E-state index in [4.69, 9.17) is 4.74 Å². The number of rotatable bonds is 6. The van der Waals surface area contributed by atoms with Crippen molar-refractivity contribution < 1.29 is 19.0 Å². The van der Waals surface area contributed by atoms with Crippen molar-refractivity contribution in [1.82, 2.24) is 0 Å². The minimum Gasteiger partial charge on any atom is -0.492 e. The molecule has 0 atom stereocenters. The molecule has 0 saturated heterocycles. The van der Waals surface area contributed by atoms with Gasteiger partial charge in [-0.05, 0) is 69.3 Å².